The largest absolute Gasteiger partial charge is 0.399 e. The molecule has 4 aromatic rings. The summed E-state index contributed by atoms with van der Waals surface area (Å²) >= 11 is 0. The fraction of sp³-hybridized carbons (Fsp3) is 0.286. The number of nitrogens with zero attached hydrogens (tertiary/aromatic N) is 4. The lowest BCUT2D eigenvalue weighted by atomic mass is 10.1. The van der Waals surface area contributed by atoms with Crippen LogP contribution in [0.3, 0.4) is 0 Å². The first-order valence-electron chi connectivity index (χ1n) is 9.82. The average Bonchev–Trinajstić information content (AvgIpc) is 3.20. The van der Waals surface area contributed by atoms with E-state index in [0.29, 0.717) is 18.0 Å². The molecular formula is C21H23N7O. The van der Waals surface area contributed by atoms with Gasteiger partial charge in [0, 0.05) is 42.4 Å². The lowest BCUT2D eigenvalue weighted by molar-refractivity contribution is 0.145. The lowest BCUT2D eigenvalue weighted by Gasteiger charge is -2.30. The van der Waals surface area contributed by atoms with E-state index in [9.17, 15) is 5.11 Å². The van der Waals surface area contributed by atoms with Crippen molar-refractivity contribution in [3.05, 3.63) is 48.3 Å². The second kappa shape index (κ2) is 7.21. The van der Waals surface area contributed by atoms with Crippen molar-refractivity contribution in [1.82, 2.24) is 19.9 Å². The number of nitrogens with one attached hydrogen (secondary N) is 2. The number of nitrogen functional groups attached to an aromatic ring is 1. The number of piperidine rings is 1. The van der Waals surface area contributed by atoms with Crippen molar-refractivity contribution >= 4 is 39.4 Å². The van der Waals surface area contributed by atoms with Crippen LogP contribution >= 0.6 is 0 Å². The van der Waals surface area contributed by atoms with E-state index in [2.05, 4.69) is 25.2 Å². The Morgan fingerprint density at radius 2 is 2.03 bits per heavy atom. The number of hydrogen-bond donors (Lipinski definition) is 4. The van der Waals surface area contributed by atoms with Gasteiger partial charge in [-0.1, -0.05) is 0 Å². The van der Waals surface area contributed by atoms with Crippen molar-refractivity contribution in [2.45, 2.75) is 25.5 Å². The fourth-order valence-electron chi connectivity index (χ4n) is 3.85. The standard InChI is InChI=1S/C21H23N7O/c22-14-9-13(16-3-6-23-18(16)10-14)11-25-19-12-24-17-1-2-20(27-21(17)26-19)28-7-4-15(29)5-8-28/h1-3,6,9-10,12,15,23,29H,4-5,7-8,11,22H2,(H,25,26,27). The highest BCUT2D eigenvalue weighted by molar-refractivity contribution is 5.86. The van der Waals surface area contributed by atoms with Crippen LogP contribution in [0.1, 0.15) is 18.4 Å². The third-order valence-corrected chi connectivity index (χ3v) is 5.42. The van der Waals surface area contributed by atoms with E-state index in [0.717, 1.165) is 59.4 Å². The van der Waals surface area contributed by atoms with Crippen molar-refractivity contribution in [3.8, 4) is 0 Å². The summed E-state index contributed by atoms with van der Waals surface area (Å²) in [5, 5.41) is 14.2. The normalized spacial score (nSPS) is 15.3. The Balaban J connectivity index is 1.38. The van der Waals surface area contributed by atoms with Gasteiger partial charge in [-0.25, -0.2) is 15.0 Å². The van der Waals surface area contributed by atoms with Crippen LogP contribution in [0.15, 0.2) is 42.7 Å². The summed E-state index contributed by atoms with van der Waals surface area (Å²) < 4.78 is 0. The molecule has 1 aliphatic heterocycles. The van der Waals surface area contributed by atoms with Gasteiger partial charge >= 0.3 is 0 Å². The molecule has 0 amide bonds. The summed E-state index contributed by atoms with van der Waals surface area (Å²) in [5.74, 6) is 1.54. The molecule has 0 aliphatic carbocycles. The monoisotopic (exact) mass is 389 g/mol. The van der Waals surface area contributed by atoms with Gasteiger partial charge in [-0.05, 0) is 48.7 Å². The van der Waals surface area contributed by atoms with Crippen molar-refractivity contribution < 1.29 is 5.11 Å². The molecule has 8 nitrogen and oxygen atoms in total. The number of aromatic nitrogens is 4. The van der Waals surface area contributed by atoms with Gasteiger partial charge in [-0.15, -0.1) is 0 Å². The van der Waals surface area contributed by atoms with E-state index in [-0.39, 0.29) is 6.10 Å². The Kier molecular flexibility index (Phi) is 4.40. The molecule has 1 aliphatic rings. The maximum absolute atomic E-state index is 9.72. The van der Waals surface area contributed by atoms with Gasteiger partial charge in [0.15, 0.2) is 5.65 Å². The Morgan fingerprint density at radius 3 is 2.90 bits per heavy atom. The van der Waals surface area contributed by atoms with Gasteiger partial charge in [0.1, 0.15) is 17.2 Å². The van der Waals surface area contributed by atoms with Crippen LogP contribution in [0.4, 0.5) is 17.3 Å². The number of fused-ring (bicyclic) bond motifs is 2. The molecule has 0 saturated carbocycles. The maximum Gasteiger partial charge on any atom is 0.182 e. The summed E-state index contributed by atoms with van der Waals surface area (Å²) in [4.78, 5) is 19.2. The zero-order valence-corrected chi connectivity index (χ0v) is 16.0. The predicted octanol–water partition coefficient (Wildman–Crippen LogP) is 2.66. The molecule has 4 heterocycles. The number of pyridine rings is 1. The number of hydrogen-bond acceptors (Lipinski definition) is 7. The minimum Gasteiger partial charge on any atom is -0.399 e. The van der Waals surface area contributed by atoms with Crippen molar-refractivity contribution in [2.24, 2.45) is 0 Å². The smallest absolute Gasteiger partial charge is 0.182 e. The van der Waals surface area contributed by atoms with Gasteiger partial charge in [0.05, 0.1) is 12.3 Å². The highest BCUT2D eigenvalue weighted by Gasteiger charge is 2.18. The Hall–Kier alpha value is -3.39. The van der Waals surface area contributed by atoms with Crippen molar-refractivity contribution in [1.29, 1.82) is 0 Å². The number of aliphatic hydroxyl groups is 1. The molecule has 1 fully saturated rings. The first-order valence-corrected chi connectivity index (χ1v) is 9.82. The molecule has 5 rings (SSSR count). The van der Waals surface area contributed by atoms with Crippen LogP contribution in [0.5, 0.6) is 0 Å². The van der Waals surface area contributed by atoms with Crippen LogP contribution in [0, 0.1) is 0 Å². The zero-order valence-electron chi connectivity index (χ0n) is 16.0. The van der Waals surface area contributed by atoms with Crippen LogP contribution in [-0.4, -0.2) is 44.2 Å². The van der Waals surface area contributed by atoms with Gasteiger partial charge in [0.25, 0.3) is 0 Å². The summed E-state index contributed by atoms with van der Waals surface area (Å²) in [6.07, 6.45) is 4.96. The second-order valence-electron chi connectivity index (χ2n) is 7.46. The summed E-state index contributed by atoms with van der Waals surface area (Å²) in [6.45, 7) is 2.18. The molecule has 29 heavy (non-hydrogen) atoms. The summed E-state index contributed by atoms with van der Waals surface area (Å²) in [5.41, 5.74) is 10.2. The molecule has 1 aromatic carbocycles. The van der Waals surface area contributed by atoms with Gasteiger partial charge in [-0.2, -0.15) is 0 Å². The highest BCUT2D eigenvalue weighted by Crippen LogP contribution is 2.23. The second-order valence-corrected chi connectivity index (χ2v) is 7.46. The highest BCUT2D eigenvalue weighted by atomic mass is 16.3. The van der Waals surface area contributed by atoms with Gasteiger partial charge < -0.3 is 26.0 Å². The minimum absolute atomic E-state index is 0.208. The van der Waals surface area contributed by atoms with E-state index in [1.165, 1.54) is 0 Å². The molecule has 0 unspecified atom stereocenters. The first-order chi connectivity index (χ1) is 14.2. The van der Waals surface area contributed by atoms with E-state index < -0.39 is 0 Å². The third kappa shape index (κ3) is 3.54. The van der Waals surface area contributed by atoms with Gasteiger partial charge in [0.2, 0.25) is 0 Å². The van der Waals surface area contributed by atoms with E-state index >= 15 is 0 Å². The Morgan fingerprint density at radius 1 is 1.17 bits per heavy atom. The van der Waals surface area contributed by atoms with Crippen LogP contribution in [0.25, 0.3) is 22.1 Å². The maximum atomic E-state index is 9.72. The van der Waals surface area contributed by atoms with Crippen molar-refractivity contribution in [3.63, 3.8) is 0 Å². The van der Waals surface area contributed by atoms with Gasteiger partial charge in [-0.3, -0.25) is 0 Å². The molecule has 0 radical (unpaired) electrons. The molecule has 148 valence electrons. The molecular weight excluding hydrogens is 366 g/mol. The minimum atomic E-state index is -0.208. The molecule has 1 saturated heterocycles. The number of anilines is 3. The van der Waals surface area contributed by atoms with Crippen LogP contribution in [0.2, 0.25) is 0 Å². The summed E-state index contributed by atoms with van der Waals surface area (Å²) in [6, 6.07) is 9.86. The molecule has 0 atom stereocenters. The molecule has 3 aromatic heterocycles. The van der Waals surface area contributed by atoms with Crippen LogP contribution < -0.4 is 16.0 Å². The molecule has 8 heteroatoms. The van der Waals surface area contributed by atoms with E-state index in [4.69, 9.17) is 10.7 Å². The van der Waals surface area contributed by atoms with E-state index in [1.807, 2.05) is 36.5 Å². The number of aromatic amines is 1. The SMILES string of the molecule is Nc1cc(CNc2cnc3ccc(N4CCC(O)CC4)nc3n2)c2cc[nH]c2c1. The topological polar surface area (TPSA) is 116 Å². The predicted molar refractivity (Wildman–Crippen MR) is 115 cm³/mol. The van der Waals surface area contributed by atoms with Crippen molar-refractivity contribution in [2.75, 3.05) is 29.0 Å². The first kappa shape index (κ1) is 17.7. The molecule has 5 N–H and O–H groups in total. The fourth-order valence-corrected chi connectivity index (χ4v) is 3.85. The number of H-pyrrole nitrogens is 1. The molecule has 0 bridgehead atoms. The average molecular weight is 389 g/mol. The van der Waals surface area contributed by atoms with E-state index in [1.54, 1.807) is 6.20 Å². The third-order valence-electron chi connectivity index (χ3n) is 5.42. The quantitative estimate of drug-likeness (QED) is 0.397. The summed E-state index contributed by atoms with van der Waals surface area (Å²) in [7, 11) is 0. The number of nitrogens with two attached hydrogens (primary N) is 1. The number of rotatable bonds is 4. The Labute approximate surface area is 167 Å². The number of benzene rings is 1. The van der Waals surface area contributed by atoms with Crippen LogP contribution in [-0.2, 0) is 6.54 Å². The lowest BCUT2D eigenvalue weighted by Crippen LogP contribution is -2.36. The zero-order chi connectivity index (χ0) is 19.8. The number of aliphatic hydroxyl groups excluding tert-OH is 1. The Bertz CT molecular complexity index is 1160. The molecule has 0 spiro atoms.